The number of ether oxygens (including phenoxy) is 2. The van der Waals surface area contributed by atoms with Crippen LogP contribution in [0.5, 0.6) is 11.5 Å². The Kier molecular flexibility index (Phi) is 5.93. The lowest BCUT2D eigenvalue weighted by Gasteiger charge is -2.11. The lowest BCUT2D eigenvalue weighted by molar-refractivity contribution is 0.0950. The minimum absolute atomic E-state index is 0.0758. The average molecular weight is 331 g/mol. The highest BCUT2D eigenvalue weighted by Gasteiger charge is 2.11. The Bertz CT molecular complexity index is 701. The highest BCUT2D eigenvalue weighted by molar-refractivity contribution is 7.98. The summed E-state index contributed by atoms with van der Waals surface area (Å²) in [7, 11) is 3.19. The molecule has 0 unspecified atom stereocenters. The van der Waals surface area contributed by atoms with Crippen molar-refractivity contribution in [2.45, 2.75) is 18.4 Å². The first-order valence-corrected chi connectivity index (χ1v) is 8.45. The second-order valence-electron chi connectivity index (χ2n) is 5.05. The van der Waals surface area contributed by atoms with Crippen molar-refractivity contribution < 1.29 is 14.3 Å². The molecule has 122 valence electrons. The zero-order chi connectivity index (χ0) is 16.8. The van der Waals surface area contributed by atoms with Crippen molar-refractivity contribution in [2.75, 3.05) is 20.5 Å². The van der Waals surface area contributed by atoms with Gasteiger partial charge in [0, 0.05) is 17.0 Å². The summed E-state index contributed by atoms with van der Waals surface area (Å²) in [6, 6.07) is 11.5. The van der Waals surface area contributed by atoms with Crippen LogP contribution < -0.4 is 14.8 Å². The van der Waals surface area contributed by atoms with Gasteiger partial charge in [-0.1, -0.05) is 12.1 Å². The Morgan fingerprint density at radius 2 is 1.83 bits per heavy atom. The number of hydrogen-bond acceptors (Lipinski definition) is 4. The third kappa shape index (κ3) is 4.20. The van der Waals surface area contributed by atoms with Gasteiger partial charge in [-0.3, -0.25) is 4.79 Å². The van der Waals surface area contributed by atoms with Gasteiger partial charge in [-0.15, -0.1) is 11.8 Å². The van der Waals surface area contributed by atoms with Crippen LogP contribution in [0, 0.1) is 6.92 Å². The summed E-state index contributed by atoms with van der Waals surface area (Å²) in [6.45, 7) is 2.37. The van der Waals surface area contributed by atoms with Crippen LogP contribution in [0.1, 0.15) is 21.5 Å². The van der Waals surface area contributed by atoms with Gasteiger partial charge in [0.1, 0.15) is 0 Å². The van der Waals surface area contributed by atoms with Gasteiger partial charge in [0.05, 0.1) is 14.2 Å². The van der Waals surface area contributed by atoms with Gasteiger partial charge >= 0.3 is 0 Å². The Hall–Kier alpha value is -2.14. The number of carbonyl (C=O) groups excluding carboxylic acids is 1. The molecule has 1 N–H and O–H groups in total. The quantitative estimate of drug-likeness (QED) is 0.821. The molecule has 0 spiro atoms. The summed E-state index contributed by atoms with van der Waals surface area (Å²) in [5.41, 5.74) is 2.62. The van der Waals surface area contributed by atoms with Gasteiger partial charge in [-0.05, 0) is 48.6 Å². The topological polar surface area (TPSA) is 47.6 Å². The highest BCUT2D eigenvalue weighted by Crippen LogP contribution is 2.27. The van der Waals surface area contributed by atoms with E-state index in [0.717, 1.165) is 16.0 Å². The van der Waals surface area contributed by atoms with Crippen LogP contribution >= 0.6 is 11.8 Å². The third-order valence-electron chi connectivity index (χ3n) is 3.59. The molecule has 0 aliphatic carbocycles. The number of rotatable bonds is 6. The molecule has 0 heterocycles. The number of aryl methyl sites for hydroxylation is 1. The van der Waals surface area contributed by atoms with E-state index in [-0.39, 0.29) is 5.91 Å². The molecule has 0 aromatic heterocycles. The van der Waals surface area contributed by atoms with Gasteiger partial charge in [0.15, 0.2) is 11.5 Å². The van der Waals surface area contributed by atoms with E-state index in [4.69, 9.17) is 9.47 Å². The molecular weight excluding hydrogens is 310 g/mol. The summed E-state index contributed by atoms with van der Waals surface area (Å²) in [5, 5.41) is 2.95. The number of benzene rings is 2. The van der Waals surface area contributed by atoms with E-state index < -0.39 is 0 Å². The fraction of sp³-hybridized carbons (Fsp3) is 0.278. The first kappa shape index (κ1) is 17.2. The summed E-state index contributed by atoms with van der Waals surface area (Å²) < 4.78 is 10.5. The Labute approximate surface area is 141 Å². The zero-order valence-electron chi connectivity index (χ0n) is 13.8. The molecular formula is C18H21NO3S. The van der Waals surface area contributed by atoms with Gasteiger partial charge in [0.25, 0.3) is 5.91 Å². The fourth-order valence-corrected chi connectivity index (χ4v) is 2.68. The minimum Gasteiger partial charge on any atom is -0.493 e. The van der Waals surface area contributed by atoms with Gasteiger partial charge in [-0.2, -0.15) is 0 Å². The van der Waals surface area contributed by atoms with Crippen LogP contribution in [0.4, 0.5) is 0 Å². The molecule has 0 saturated heterocycles. The average Bonchev–Trinajstić information content (AvgIpc) is 2.59. The van der Waals surface area contributed by atoms with E-state index >= 15 is 0 Å². The summed E-state index contributed by atoms with van der Waals surface area (Å²) >= 11 is 1.62. The second kappa shape index (κ2) is 7.92. The number of hydrogen-bond donors (Lipinski definition) is 1. The molecule has 0 aliphatic rings. The molecule has 0 bridgehead atoms. The molecule has 2 aromatic rings. The van der Waals surface area contributed by atoms with Gasteiger partial charge < -0.3 is 14.8 Å². The minimum atomic E-state index is -0.0758. The van der Waals surface area contributed by atoms with E-state index in [1.165, 1.54) is 0 Å². The van der Waals surface area contributed by atoms with Crippen LogP contribution in [0.15, 0.2) is 41.3 Å². The van der Waals surface area contributed by atoms with Crippen LogP contribution in [-0.4, -0.2) is 26.4 Å². The predicted octanol–water partition coefficient (Wildman–Crippen LogP) is 3.66. The van der Waals surface area contributed by atoms with E-state index in [2.05, 4.69) is 5.32 Å². The first-order valence-electron chi connectivity index (χ1n) is 7.22. The Morgan fingerprint density at radius 1 is 1.09 bits per heavy atom. The zero-order valence-corrected chi connectivity index (χ0v) is 14.6. The van der Waals surface area contributed by atoms with Crippen molar-refractivity contribution in [1.29, 1.82) is 0 Å². The summed E-state index contributed by atoms with van der Waals surface area (Å²) in [5.74, 6) is 1.25. The number of amides is 1. The number of methoxy groups -OCH3 is 2. The molecule has 2 aromatic carbocycles. The highest BCUT2D eigenvalue weighted by atomic mass is 32.2. The molecule has 0 atom stereocenters. The fourth-order valence-electron chi connectivity index (χ4n) is 2.24. The van der Waals surface area contributed by atoms with E-state index in [1.54, 1.807) is 26.0 Å². The SMILES string of the molecule is COc1ccc(CNC(=O)c2cc(SC)ccc2C)cc1OC. The van der Waals surface area contributed by atoms with Gasteiger partial charge in [0.2, 0.25) is 0 Å². The van der Waals surface area contributed by atoms with Crippen LogP contribution in [-0.2, 0) is 6.54 Å². The number of carbonyl (C=O) groups is 1. The van der Waals surface area contributed by atoms with E-state index in [1.807, 2.05) is 49.6 Å². The Morgan fingerprint density at radius 3 is 2.48 bits per heavy atom. The smallest absolute Gasteiger partial charge is 0.251 e. The van der Waals surface area contributed by atoms with E-state index in [9.17, 15) is 4.79 Å². The molecule has 0 radical (unpaired) electrons. The predicted molar refractivity (Wildman–Crippen MR) is 93.7 cm³/mol. The molecule has 1 amide bonds. The molecule has 5 heteroatoms. The molecule has 4 nitrogen and oxygen atoms in total. The maximum absolute atomic E-state index is 12.4. The van der Waals surface area contributed by atoms with E-state index in [0.29, 0.717) is 23.6 Å². The van der Waals surface area contributed by atoms with Crippen molar-refractivity contribution in [3.05, 3.63) is 53.1 Å². The molecule has 23 heavy (non-hydrogen) atoms. The maximum Gasteiger partial charge on any atom is 0.251 e. The standard InChI is InChI=1S/C18H21NO3S/c1-12-5-7-14(23-4)10-15(12)18(20)19-11-13-6-8-16(21-2)17(9-13)22-3/h5-10H,11H2,1-4H3,(H,19,20). The van der Waals surface area contributed by atoms with Crippen molar-refractivity contribution in [1.82, 2.24) is 5.32 Å². The molecule has 0 fully saturated rings. The van der Waals surface area contributed by atoms with Crippen LogP contribution in [0.3, 0.4) is 0 Å². The largest absolute Gasteiger partial charge is 0.493 e. The van der Waals surface area contributed by atoms with Crippen molar-refractivity contribution in [2.24, 2.45) is 0 Å². The molecule has 2 rings (SSSR count). The van der Waals surface area contributed by atoms with Gasteiger partial charge in [-0.25, -0.2) is 0 Å². The summed E-state index contributed by atoms with van der Waals surface area (Å²) in [6.07, 6.45) is 2.00. The normalized spacial score (nSPS) is 10.3. The monoisotopic (exact) mass is 331 g/mol. The number of nitrogens with one attached hydrogen (secondary N) is 1. The maximum atomic E-state index is 12.4. The lowest BCUT2D eigenvalue weighted by Crippen LogP contribution is -2.23. The Balaban J connectivity index is 2.10. The van der Waals surface area contributed by atoms with Crippen molar-refractivity contribution in [3.8, 4) is 11.5 Å². The lowest BCUT2D eigenvalue weighted by atomic mass is 10.1. The first-order chi connectivity index (χ1) is 11.1. The second-order valence-corrected chi connectivity index (χ2v) is 5.93. The molecule has 0 saturated carbocycles. The third-order valence-corrected chi connectivity index (χ3v) is 4.32. The van der Waals surface area contributed by atoms with Crippen LogP contribution in [0.2, 0.25) is 0 Å². The van der Waals surface area contributed by atoms with Crippen molar-refractivity contribution in [3.63, 3.8) is 0 Å². The number of thioether (sulfide) groups is 1. The van der Waals surface area contributed by atoms with Crippen molar-refractivity contribution >= 4 is 17.7 Å². The summed E-state index contributed by atoms with van der Waals surface area (Å²) in [4.78, 5) is 13.5. The van der Waals surface area contributed by atoms with Crippen LogP contribution in [0.25, 0.3) is 0 Å². The molecule has 0 aliphatic heterocycles.